The molecule has 0 saturated heterocycles. The molecule has 1 heterocycles. The molecule has 0 aliphatic heterocycles. The molecule has 0 aliphatic rings. The third-order valence-corrected chi connectivity index (χ3v) is 1.51. The summed E-state index contributed by atoms with van der Waals surface area (Å²) in [5, 5.41) is 10.5. The zero-order valence-electron chi connectivity index (χ0n) is 6.53. The molecular weight excluding hydrogens is 162 g/mol. The van der Waals surface area contributed by atoms with E-state index in [2.05, 4.69) is 5.16 Å². The van der Waals surface area contributed by atoms with Crippen LogP contribution in [0.2, 0.25) is 0 Å². The van der Waals surface area contributed by atoms with Crippen molar-refractivity contribution in [2.45, 2.75) is 19.3 Å². The Labute approximate surface area is 68.0 Å². The number of carbonyl (C=O) groups is 1. The van der Waals surface area contributed by atoms with Crippen molar-refractivity contribution < 1.29 is 14.4 Å². The van der Waals surface area contributed by atoms with Crippen molar-refractivity contribution in [2.24, 2.45) is 0 Å². The zero-order chi connectivity index (χ0) is 9.14. The molecule has 0 bridgehead atoms. The number of H-pyrrole nitrogens is 1. The van der Waals surface area contributed by atoms with Gasteiger partial charge in [-0.25, -0.2) is 0 Å². The minimum atomic E-state index is -0.911. The van der Waals surface area contributed by atoms with Gasteiger partial charge < -0.3 is 9.63 Å². The van der Waals surface area contributed by atoms with Crippen LogP contribution in [0.4, 0.5) is 0 Å². The summed E-state index contributed by atoms with van der Waals surface area (Å²) in [6, 6.07) is 1.26. The Morgan fingerprint density at radius 1 is 1.83 bits per heavy atom. The minimum absolute atomic E-state index is 0.0409. The fourth-order valence-electron chi connectivity index (χ4n) is 0.903. The quantitative estimate of drug-likeness (QED) is 0.695. The number of hydrogen-bond donors (Lipinski definition) is 2. The molecule has 0 saturated carbocycles. The Morgan fingerprint density at radius 3 is 2.92 bits per heavy atom. The number of aromatic nitrogens is 1. The van der Waals surface area contributed by atoms with Crippen LogP contribution in [0.1, 0.15) is 25.0 Å². The molecule has 0 aliphatic carbocycles. The van der Waals surface area contributed by atoms with Crippen molar-refractivity contribution >= 4 is 5.97 Å². The second-order valence-corrected chi connectivity index (χ2v) is 2.61. The van der Waals surface area contributed by atoms with Crippen LogP contribution < -0.4 is 5.56 Å². The van der Waals surface area contributed by atoms with Crippen LogP contribution in [-0.4, -0.2) is 16.2 Å². The number of nitrogens with one attached hydrogen (secondary N) is 1. The lowest BCUT2D eigenvalue weighted by Crippen LogP contribution is -2.02. The summed E-state index contributed by atoms with van der Waals surface area (Å²) in [7, 11) is 0. The predicted octanol–water partition coefficient (Wildman–Crippen LogP) is 0.546. The van der Waals surface area contributed by atoms with E-state index in [9.17, 15) is 9.59 Å². The first-order chi connectivity index (χ1) is 5.59. The number of rotatable bonds is 3. The van der Waals surface area contributed by atoms with Crippen molar-refractivity contribution in [1.29, 1.82) is 0 Å². The largest absolute Gasteiger partial charge is 0.481 e. The van der Waals surface area contributed by atoms with Gasteiger partial charge in [0.15, 0.2) is 0 Å². The van der Waals surface area contributed by atoms with Gasteiger partial charge in [0.1, 0.15) is 5.76 Å². The Bertz CT molecular complexity index is 324. The first-order valence-corrected chi connectivity index (χ1v) is 3.50. The van der Waals surface area contributed by atoms with Gasteiger partial charge in [0.2, 0.25) is 0 Å². The third kappa shape index (κ3) is 1.98. The third-order valence-electron chi connectivity index (χ3n) is 1.51. The first-order valence-electron chi connectivity index (χ1n) is 3.50. The Hall–Kier alpha value is -1.52. The van der Waals surface area contributed by atoms with Crippen LogP contribution in [0.3, 0.4) is 0 Å². The zero-order valence-corrected chi connectivity index (χ0v) is 6.53. The molecule has 2 N–H and O–H groups in total. The van der Waals surface area contributed by atoms with Crippen LogP contribution in [0, 0.1) is 0 Å². The van der Waals surface area contributed by atoms with Gasteiger partial charge in [0.05, 0.1) is 6.42 Å². The highest BCUT2D eigenvalue weighted by Gasteiger charge is 2.13. The molecule has 0 amide bonds. The molecule has 0 spiro atoms. The molecule has 0 aromatic carbocycles. The Balaban J connectivity index is 2.71. The average Bonchev–Trinajstić information content (AvgIpc) is 2.34. The van der Waals surface area contributed by atoms with Gasteiger partial charge in [-0.15, -0.1) is 0 Å². The average molecular weight is 171 g/mol. The summed E-state index contributed by atoms with van der Waals surface area (Å²) in [6.07, 6.45) is -0.0409. The lowest BCUT2D eigenvalue weighted by Gasteiger charge is -2.01. The predicted molar refractivity (Wildman–Crippen MR) is 40.0 cm³/mol. The van der Waals surface area contributed by atoms with Crippen LogP contribution in [0.5, 0.6) is 0 Å². The van der Waals surface area contributed by atoms with Crippen molar-refractivity contribution in [1.82, 2.24) is 5.16 Å². The van der Waals surface area contributed by atoms with Crippen molar-refractivity contribution in [3.8, 4) is 0 Å². The van der Waals surface area contributed by atoms with Gasteiger partial charge in [-0.05, 0) is 0 Å². The van der Waals surface area contributed by atoms with Crippen LogP contribution in [0.15, 0.2) is 15.4 Å². The maximum atomic E-state index is 10.6. The molecule has 1 aromatic heterocycles. The summed E-state index contributed by atoms with van der Waals surface area (Å²) in [4.78, 5) is 20.8. The van der Waals surface area contributed by atoms with Gasteiger partial charge >= 0.3 is 5.97 Å². The van der Waals surface area contributed by atoms with Gasteiger partial charge in [0, 0.05) is 12.0 Å². The fourth-order valence-corrected chi connectivity index (χ4v) is 0.903. The Morgan fingerprint density at radius 2 is 2.50 bits per heavy atom. The fraction of sp³-hybridized carbons (Fsp3) is 0.429. The highest BCUT2D eigenvalue weighted by Crippen LogP contribution is 2.15. The van der Waals surface area contributed by atoms with E-state index in [1.165, 1.54) is 6.07 Å². The molecule has 0 radical (unpaired) electrons. The molecule has 1 rings (SSSR count). The summed E-state index contributed by atoms with van der Waals surface area (Å²) in [6.45, 7) is 1.68. The number of hydrogen-bond acceptors (Lipinski definition) is 3. The maximum absolute atomic E-state index is 10.6. The van der Waals surface area contributed by atoms with E-state index in [4.69, 9.17) is 9.63 Å². The molecule has 1 aromatic rings. The topological polar surface area (TPSA) is 83.3 Å². The molecular formula is C7H9NO4. The summed E-state index contributed by atoms with van der Waals surface area (Å²) in [5.74, 6) is -0.810. The Kier molecular flexibility index (Phi) is 2.32. The van der Waals surface area contributed by atoms with Crippen molar-refractivity contribution in [3.05, 3.63) is 22.2 Å². The minimum Gasteiger partial charge on any atom is -0.481 e. The van der Waals surface area contributed by atoms with Crippen molar-refractivity contribution in [2.75, 3.05) is 0 Å². The van der Waals surface area contributed by atoms with Gasteiger partial charge in [0.25, 0.3) is 5.56 Å². The van der Waals surface area contributed by atoms with Crippen LogP contribution >= 0.6 is 0 Å². The molecule has 1 atom stereocenters. The second-order valence-electron chi connectivity index (χ2n) is 2.61. The molecule has 5 nitrogen and oxygen atoms in total. The molecule has 1 unspecified atom stereocenters. The lowest BCUT2D eigenvalue weighted by molar-refractivity contribution is -0.137. The van der Waals surface area contributed by atoms with E-state index in [0.29, 0.717) is 5.76 Å². The second kappa shape index (κ2) is 3.25. The summed E-state index contributed by atoms with van der Waals surface area (Å²) in [5.41, 5.74) is -0.345. The lowest BCUT2D eigenvalue weighted by atomic mass is 10.1. The highest BCUT2D eigenvalue weighted by atomic mass is 16.5. The molecule has 66 valence electrons. The van der Waals surface area contributed by atoms with Crippen LogP contribution in [-0.2, 0) is 4.79 Å². The monoisotopic (exact) mass is 171 g/mol. The van der Waals surface area contributed by atoms with E-state index < -0.39 is 5.97 Å². The molecule has 0 fully saturated rings. The normalized spacial score (nSPS) is 12.8. The van der Waals surface area contributed by atoms with E-state index in [1.807, 2.05) is 0 Å². The highest BCUT2D eigenvalue weighted by molar-refractivity contribution is 5.67. The van der Waals surface area contributed by atoms with Crippen molar-refractivity contribution in [3.63, 3.8) is 0 Å². The number of carboxylic acids is 1. The van der Waals surface area contributed by atoms with E-state index >= 15 is 0 Å². The maximum Gasteiger partial charge on any atom is 0.304 e. The van der Waals surface area contributed by atoms with Gasteiger partial charge in [-0.3, -0.25) is 9.59 Å². The van der Waals surface area contributed by atoms with E-state index in [1.54, 1.807) is 6.92 Å². The molecule has 12 heavy (non-hydrogen) atoms. The summed E-state index contributed by atoms with van der Waals surface area (Å²) < 4.78 is 4.73. The standard InChI is InChI=1S/C7H9NO4/c1-4(2-7(10)11)5-3-6(9)8-12-5/h3-4H,2H2,1H3,(H,8,9)(H,10,11). The number of carboxylic acid groups (broad SMARTS) is 1. The smallest absolute Gasteiger partial charge is 0.304 e. The SMILES string of the molecule is CC(CC(=O)O)c1cc(=O)[nH]o1. The van der Waals surface area contributed by atoms with E-state index in [0.717, 1.165) is 0 Å². The molecule has 5 heteroatoms. The van der Waals surface area contributed by atoms with Gasteiger partial charge in [-0.2, -0.15) is 5.16 Å². The van der Waals surface area contributed by atoms with Crippen LogP contribution in [0.25, 0.3) is 0 Å². The first kappa shape index (κ1) is 8.58. The number of aromatic amines is 1. The van der Waals surface area contributed by atoms with Gasteiger partial charge in [-0.1, -0.05) is 6.92 Å². The van der Waals surface area contributed by atoms with E-state index in [-0.39, 0.29) is 17.9 Å². The summed E-state index contributed by atoms with van der Waals surface area (Å²) >= 11 is 0. The number of aliphatic carboxylic acids is 1.